The lowest BCUT2D eigenvalue weighted by molar-refractivity contribution is -0.123. The quantitative estimate of drug-likeness (QED) is 0.520. The Hall–Kier alpha value is -2.83. The van der Waals surface area contributed by atoms with Gasteiger partial charge in [0.05, 0.1) is 12.2 Å². The van der Waals surface area contributed by atoms with Gasteiger partial charge in [-0.1, -0.05) is 47.5 Å². The lowest BCUT2D eigenvalue weighted by Crippen LogP contribution is -2.50. The van der Waals surface area contributed by atoms with Gasteiger partial charge >= 0.3 is 0 Å². The molecule has 0 N–H and O–H groups in total. The van der Waals surface area contributed by atoms with Gasteiger partial charge in [0, 0.05) is 28.4 Å². The minimum atomic E-state index is -1.21. The van der Waals surface area contributed by atoms with Crippen LogP contribution in [0.15, 0.2) is 66.7 Å². The fourth-order valence-corrected chi connectivity index (χ4v) is 6.02. The molecular weight excluding hydrogens is 447 g/mol. The van der Waals surface area contributed by atoms with E-state index in [9.17, 15) is 14.0 Å². The second-order valence-corrected chi connectivity index (χ2v) is 9.72. The monoisotopic (exact) mass is 466 g/mol. The first-order valence-electron chi connectivity index (χ1n) is 10.3. The molecule has 3 aromatic rings. The second-order valence-electron chi connectivity index (χ2n) is 8.00. The summed E-state index contributed by atoms with van der Waals surface area (Å²) in [5, 5.41) is 0.499. The molecule has 1 fully saturated rings. The fourth-order valence-electron chi connectivity index (χ4n) is 4.40. The molecule has 32 heavy (non-hydrogen) atoms. The predicted molar refractivity (Wildman–Crippen MR) is 125 cm³/mol. The Morgan fingerprint density at radius 3 is 2.66 bits per heavy atom. The van der Waals surface area contributed by atoms with E-state index in [-0.39, 0.29) is 17.4 Å². The summed E-state index contributed by atoms with van der Waals surface area (Å²) in [7, 11) is 0. The van der Waals surface area contributed by atoms with Gasteiger partial charge in [-0.15, -0.1) is 11.8 Å². The largest absolute Gasteiger partial charge is 0.311 e. The molecule has 0 bridgehead atoms. The standard InChI is InChI=1S/C25H20ClFN2O2S/c1-16-5-7-17(8-6-16)15-28-22-10-9-19(26)14-21(22)25(24(28)31)29(11-12-32-25)23(30)18-3-2-4-20(27)13-18/h2-10,13-14H,11-12,15H2,1H3/t25-/m1/s1. The zero-order valence-corrected chi connectivity index (χ0v) is 18.9. The first-order valence-corrected chi connectivity index (χ1v) is 11.7. The van der Waals surface area contributed by atoms with Crippen molar-refractivity contribution in [1.82, 2.24) is 4.90 Å². The molecule has 0 saturated carbocycles. The van der Waals surface area contributed by atoms with E-state index >= 15 is 0 Å². The van der Waals surface area contributed by atoms with Gasteiger partial charge in [-0.2, -0.15) is 0 Å². The highest BCUT2D eigenvalue weighted by molar-refractivity contribution is 8.01. The van der Waals surface area contributed by atoms with Crippen LogP contribution in [0.1, 0.15) is 27.0 Å². The summed E-state index contributed by atoms with van der Waals surface area (Å²) < 4.78 is 13.8. The number of hydrogen-bond acceptors (Lipinski definition) is 3. The van der Waals surface area contributed by atoms with Crippen LogP contribution in [0.2, 0.25) is 5.02 Å². The van der Waals surface area contributed by atoms with Gasteiger partial charge < -0.3 is 9.80 Å². The van der Waals surface area contributed by atoms with Crippen LogP contribution in [0.3, 0.4) is 0 Å². The molecule has 0 aliphatic carbocycles. The Kier molecular flexibility index (Phi) is 5.22. The summed E-state index contributed by atoms with van der Waals surface area (Å²) in [6, 6.07) is 19.0. The zero-order chi connectivity index (χ0) is 22.5. The molecule has 4 nitrogen and oxygen atoms in total. The van der Waals surface area contributed by atoms with Crippen LogP contribution in [-0.2, 0) is 16.2 Å². The van der Waals surface area contributed by atoms with Gasteiger partial charge in [0.2, 0.25) is 0 Å². The molecule has 2 amide bonds. The normalized spacial score (nSPS) is 19.7. The Balaban J connectivity index is 1.59. The fraction of sp³-hybridized carbons (Fsp3) is 0.200. The maximum Gasteiger partial charge on any atom is 0.268 e. The van der Waals surface area contributed by atoms with Crippen LogP contribution in [0.25, 0.3) is 0 Å². The third-order valence-corrected chi connectivity index (χ3v) is 7.59. The summed E-state index contributed by atoms with van der Waals surface area (Å²) in [4.78, 5) is 29.5. The number of carbonyl (C=O) groups is 2. The van der Waals surface area contributed by atoms with Crippen molar-refractivity contribution >= 4 is 40.9 Å². The van der Waals surface area contributed by atoms with Crippen LogP contribution in [0.4, 0.5) is 10.1 Å². The molecule has 2 heterocycles. The minimum absolute atomic E-state index is 0.178. The number of thioether (sulfide) groups is 1. The number of benzene rings is 3. The summed E-state index contributed by atoms with van der Waals surface area (Å²) in [6.07, 6.45) is 0. The number of aryl methyl sites for hydroxylation is 1. The van der Waals surface area contributed by atoms with Crippen molar-refractivity contribution in [2.45, 2.75) is 18.3 Å². The van der Waals surface area contributed by atoms with Gasteiger partial charge in [0.15, 0.2) is 4.87 Å². The van der Waals surface area contributed by atoms with Crippen molar-refractivity contribution < 1.29 is 14.0 Å². The highest BCUT2D eigenvalue weighted by atomic mass is 35.5. The average molecular weight is 467 g/mol. The first-order chi connectivity index (χ1) is 15.4. The van der Waals surface area contributed by atoms with Crippen molar-refractivity contribution in [3.63, 3.8) is 0 Å². The Labute approximate surface area is 195 Å². The average Bonchev–Trinajstić information content (AvgIpc) is 3.32. The molecule has 2 aliphatic heterocycles. The van der Waals surface area contributed by atoms with Crippen LogP contribution < -0.4 is 4.90 Å². The van der Waals surface area contributed by atoms with E-state index in [2.05, 4.69) is 0 Å². The maximum atomic E-state index is 14.0. The van der Waals surface area contributed by atoms with Crippen LogP contribution >= 0.6 is 23.4 Å². The topological polar surface area (TPSA) is 40.6 Å². The smallest absolute Gasteiger partial charge is 0.268 e. The zero-order valence-electron chi connectivity index (χ0n) is 17.3. The Bertz CT molecular complexity index is 1230. The maximum absolute atomic E-state index is 14.0. The Morgan fingerprint density at radius 1 is 1.12 bits per heavy atom. The minimum Gasteiger partial charge on any atom is -0.311 e. The number of fused-ring (bicyclic) bond motifs is 2. The van der Waals surface area contributed by atoms with Crippen molar-refractivity contribution in [3.05, 3.63) is 99.8 Å². The van der Waals surface area contributed by atoms with E-state index in [1.807, 2.05) is 37.3 Å². The highest BCUT2D eigenvalue weighted by Gasteiger charge is 2.59. The number of amides is 2. The number of anilines is 1. The van der Waals surface area contributed by atoms with E-state index in [1.54, 1.807) is 28.0 Å². The van der Waals surface area contributed by atoms with E-state index in [4.69, 9.17) is 11.6 Å². The molecule has 1 atom stereocenters. The van der Waals surface area contributed by atoms with E-state index < -0.39 is 10.7 Å². The Morgan fingerprint density at radius 2 is 1.91 bits per heavy atom. The van der Waals surface area contributed by atoms with Gasteiger partial charge in [-0.25, -0.2) is 4.39 Å². The van der Waals surface area contributed by atoms with Crippen molar-refractivity contribution in [2.24, 2.45) is 0 Å². The predicted octanol–water partition coefficient (Wildman–Crippen LogP) is 5.38. The molecule has 3 aromatic carbocycles. The van der Waals surface area contributed by atoms with Gasteiger partial charge in [-0.3, -0.25) is 9.59 Å². The number of nitrogens with zero attached hydrogens (tertiary/aromatic N) is 2. The van der Waals surface area contributed by atoms with Gasteiger partial charge in [0.1, 0.15) is 5.82 Å². The summed E-state index contributed by atoms with van der Waals surface area (Å²) in [6.45, 7) is 2.79. The molecule has 0 aromatic heterocycles. The van der Waals surface area contributed by atoms with Crippen molar-refractivity contribution in [3.8, 4) is 0 Å². The SMILES string of the molecule is Cc1ccc(CN2C(=O)[C@]3(SCCN3C(=O)c3cccc(F)c3)c3cc(Cl)ccc32)cc1. The lowest BCUT2D eigenvalue weighted by atomic mass is 10.0. The third-order valence-electron chi connectivity index (χ3n) is 5.93. The molecule has 162 valence electrons. The van der Waals surface area contributed by atoms with E-state index in [0.29, 0.717) is 29.4 Å². The number of hydrogen-bond donors (Lipinski definition) is 0. The second kappa shape index (κ2) is 7.94. The molecule has 1 spiro atoms. The van der Waals surface area contributed by atoms with E-state index in [0.717, 1.165) is 16.8 Å². The van der Waals surface area contributed by atoms with Crippen LogP contribution in [0.5, 0.6) is 0 Å². The van der Waals surface area contributed by atoms with Gasteiger partial charge in [0.25, 0.3) is 11.8 Å². The summed E-state index contributed by atoms with van der Waals surface area (Å²) in [5.74, 6) is -0.440. The van der Waals surface area contributed by atoms with Crippen molar-refractivity contribution in [1.29, 1.82) is 0 Å². The first kappa shape index (κ1) is 21.0. The molecule has 5 rings (SSSR count). The molecule has 7 heteroatoms. The molecular formula is C25H20ClFN2O2S. The van der Waals surface area contributed by atoms with Crippen molar-refractivity contribution in [2.75, 3.05) is 17.2 Å². The molecule has 0 unspecified atom stereocenters. The third kappa shape index (κ3) is 3.29. The number of rotatable bonds is 3. The molecule has 0 radical (unpaired) electrons. The molecule has 2 aliphatic rings. The highest BCUT2D eigenvalue weighted by Crippen LogP contribution is 2.55. The summed E-state index contributed by atoms with van der Waals surface area (Å²) in [5.41, 5.74) is 3.80. The van der Waals surface area contributed by atoms with Crippen LogP contribution in [-0.4, -0.2) is 29.0 Å². The van der Waals surface area contributed by atoms with Crippen LogP contribution in [0, 0.1) is 12.7 Å². The summed E-state index contributed by atoms with van der Waals surface area (Å²) >= 11 is 7.76. The molecule has 1 saturated heterocycles. The van der Waals surface area contributed by atoms with Gasteiger partial charge in [-0.05, 0) is 48.9 Å². The van der Waals surface area contributed by atoms with E-state index in [1.165, 1.54) is 30.0 Å². The lowest BCUT2D eigenvalue weighted by Gasteiger charge is -2.33. The number of halogens is 2. The number of carbonyl (C=O) groups excluding carboxylic acids is 2.